The Labute approximate surface area is 485 Å². The molecule has 1 heterocycles. The van der Waals surface area contributed by atoms with E-state index in [2.05, 4.69) is 323 Å². The van der Waals surface area contributed by atoms with E-state index in [9.17, 15) is 0 Å². The molecule has 0 saturated carbocycles. The van der Waals surface area contributed by atoms with E-state index in [1.54, 1.807) is 0 Å². The second kappa shape index (κ2) is 19.5. The summed E-state index contributed by atoms with van der Waals surface area (Å²) in [7, 11) is 0. The Hall–Kier alpha value is -8.72. The maximum atomic E-state index is 2.53. The van der Waals surface area contributed by atoms with Crippen LogP contribution in [-0.4, -0.2) is 4.57 Å². The second-order valence-electron chi connectivity index (χ2n) is 27.1. The van der Waals surface area contributed by atoms with Gasteiger partial charge in [0.05, 0.1) is 22.4 Å². The standard InChI is InChI=1S/C80H74N2/c1-77(2,3)59-36-42-73-69(49-59)70-50-60(78(4,5)6)37-43-74(70)82(73)72-41-35-55-32-38-67-71(40-34-54-33-39-68(72)76(55)75(54)67)81(64-25-19-23-57(47-64)66-27-17-16-26-65(66)53-20-14-13-15-21-53)63-24-18-22-56(46-63)51-28-30-52(31-29-51)58-44-61(79(7,8)9)48-62(45-58)80(10,11)12/h13-50H,1-12H3. The molecule has 0 spiro atoms. The zero-order valence-corrected chi connectivity index (χ0v) is 49.8. The first-order chi connectivity index (χ1) is 39.2. The molecule has 12 aromatic carbocycles. The molecule has 2 heteroatoms. The Morgan fingerprint density at radius 2 is 0.732 bits per heavy atom. The quantitative estimate of drug-likeness (QED) is 0.138. The average Bonchev–Trinajstić information content (AvgIpc) is 1.70. The summed E-state index contributed by atoms with van der Waals surface area (Å²) in [4.78, 5) is 2.50. The Bertz CT molecular complexity index is 4470. The third kappa shape index (κ3) is 9.33. The highest BCUT2D eigenvalue weighted by Gasteiger charge is 2.26. The number of fused-ring (bicyclic) bond motifs is 3. The molecule has 13 rings (SSSR count). The first-order valence-electron chi connectivity index (χ1n) is 29.4. The summed E-state index contributed by atoms with van der Waals surface area (Å²) in [5, 5.41) is 10.0. The largest absolute Gasteiger partial charge is 0.310 e. The lowest BCUT2D eigenvalue weighted by Crippen LogP contribution is -2.16. The van der Waals surface area contributed by atoms with Crippen LogP contribution in [0.15, 0.2) is 231 Å². The van der Waals surface area contributed by atoms with E-state index >= 15 is 0 Å². The SMILES string of the molecule is CC(C)(C)c1cc(-c2ccc(-c3cccc(N(c4cccc(-c5ccccc5-c5ccccc5)c4)c4ccc5ccc6c(-n7c8ccc(C(C)(C)C)cc8c8cc(C(C)(C)C)ccc87)ccc7ccc4c5c76)c3)cc2)cc(C(C)(C)C)c1. The van der Waals surface area contributed by atoms with Crippen LogP contribution in [0.5, 0.6) is 0 Å². The number of aromatic nitrogens is 1. The van der Waals surface area contributed by atoms with Gasteiger partial charge >= 0.3 is 0 Å². The fraction of sp³-hybridized carbons (Fsp3) is 0.200. The predicted octanol–water partition coefficient (Wildman–Crippen LogP) is 23.0. The van der Waals surface area contributed by atoms with Crippen LogP contribution in [0.4, 0.5) is 17.1 Å². The zero-order chi connectivity index (χ0) is 57.0. The van der Waals surface area contributed by atoms with E-state index < -0.39 is 0 Å². The summed E-state index contributed by atoms with van der Waals surface area (Å²) in [6.07, 6.45) is 0. The Morgan fingerprint density at radius 3 is 1.29 bits per heavy atom. The summed E-state index contributed by atoms with van der Waals surface area (Å²) < 4.78 is 2.53. The van der Waals surface area contributed by atoms with Gasteiger partial charge in [0.2, 0.25) is 0 Å². The minimum absolute atomic E-state index is 0.0142. The van der Waals surface area contributed by atoms with Gasteiger partial charge in [-0.15, -0.1) is 0 Å². The highest BCUT2D eigenvalue weighted by molar-refractivity contribution is 6.27. The molecule has 0 unspecified atom stereocenters. The average molecular weight is 1060 g/mol. The smallest absolute Gasteiger partial charge is 0.0541 e. The van der Waals surface area contributed by atoms with Crippen molar-refractivity contribution in [2.45, 2.75) is 105 Å². The Morgan fingerprint density at radius 1 is 0.280 bits per heavy atom. The van der Waals surface area contributed by atoms with Crippen LogP contribution < -0.4 is 4.90 Å². The van der Waals surface area contributed by atoms with Crippen molar-refractivity contribution in [3.63, 3.8) is 0 Å². The molecule has 0 bridgehead atoms. The van der Waals surface area contributed by atoms with E-state index in [1.165, 1.54) is 115 Å². The second-order valence-corrected chi connectivity index (χ2v) is 27.1. The van der Waals surface area contributed by atoms with Gasteiger partial charge < -0.3 is 9.47 Å². The summed E-state index contributed by atoms with van der Waals surface area (Å²) in [5.74, 6) is 0. The van der Waals surface area contributed by atoms with E-state index in [-0.39, 0.29) is 21.7 Å². The van der Waals surface area contributed by atoms with Crippen molar-refractivity contribution in [3.8, 4) is 50.2 Å². The molecule has 404 valence electrons. The number of hydrogen-bond donors (Lipinski definition) is 0. The van der Waals surface area contributed by atoms with Crippen molar-refractivity contribution in [2.75, 3.05) is 4.90 Å². The lowest BCUT2D eigenvalue weighted by molar-refractivity contribution is 0.569. The van der Waals surface area contributed by atoms with Gasteiger partial charge in [0.25, 0.3) is 0 Å². The van der Waals surface area contributed by atoms with Crippen LogP contribution in [0.25, 0.3) is 104 Å². The molecule has 82 heavy (non-hydrogen) atoms. The third-order valence-electron chi connectivity index (χ3n) is 17.3. The van der Waals surface area contributed by atoms with Gasteiger partial charge in [0.15, 0.2) is 0 Å². The Balaban J connectivity index is 0.999. The molecule has 0 radical (unpaired) electrons. The predicted molar refractivity (Wildman–Crippen MR) is 356 cm³/mol. The van der Waals surface area contributed by atoms with Crippen molar-refractivity contribution in [3.05, 3.63) is 253 Å². The van der Waals surface area contributed by atoms with Crippen molar-refractivity contribution < 1.29 is 0 Å². The maximum absolute atomic E-state index is 2.53. The van der Waals surface area contributed by atoms with Crippen molar-refractivity contribution in [1.29, 1.82) is 0 Å². The molecular formula is C80H74N2. The van der Waals surface area contributed by atoms with E-state index in [1.807, 2.05) is 0 Å². The van der Waals surface area contributed by atoms with Crippen molar-refractivity contribution in [2.24, 2.45) is 0 Å². The van der Waals surface area contributed by atoms with Crippen LogP contribution in [-0.2, 0) is 21.7 Å². The van der Waals surface area contributed by atoms with Gasteiger partial charge in [-0.1, -0.05) is 253 Å². The first kappa shape index (κ1) is 52.6. The van der Waals surface area contributed by atoms with Crippen LogP contribution in [0.1, 0.15) is 105 Å². The van der Waals surface area contributed by atoms with Crippen LogP contribution in [0, 0.1) is 0 Å². The zero-order valence-electron chi connectivity index (χ0n) is 49.8. The number of hydrogen-bond acceptors (Lipinski definition) is 1. The molecule has 0 atom stereocenters. The highest BCUT2D eigenvalue weighted by atomic mass is 15.1. The van der Waals surface area contributed by atoms with Gasteiger partial charge in [0.1, 0.15) is 0 Å². The molecule has 0 N–H and O–H groups in total. The molecule has 0 fully saturated rings. The summed E-state index contributed by atoms with van der Waals surface area (Å²) in [5.41, 5.74) is 22.1. The molecule has 0 amide bonds. The maximum Gasteiger partial charge on any atom is 0.0541 e. The van der Waals surface area contributed by atoms with Gasteiger partial charge in [-0.3, -0.25) is 0 Å². The molecule has 0 aliphatic rings. The van der Waals surface area contributed by atoms with E-state index in [0.29, 0.717) is 0 Å². The normalized spacial score (nSPS) is 12.6. The number of anilines is 3. The number of nitrogens with zero attached hydrogens (tertiary/aromatic N) is 2. The molecule has 1 aromatic heterocycles. The van der Waals surface area contributed by atoms with Gasteiger partial charge in [-0.25, -0.2) is 0 Å². The van der Waals surface area contributed by atoms with Gasteiger partial charge in [-0.2, -0.15) is 0 Å². The number of benzene rings is 12. The monoisotopic (exact) mass is 1060 g/mol. The first-order valence-corrected chi connectivity index (χ1v) is 29.4. The van der Waals surface area contributed by atoms with Crippen LogP contribution in [0.3, 0.4) is 0 Å². The highest BCUT2D eigenvalue weighted by Crippen LogP contribution is 2.48. The van der Waals surface area contributed by atoms with Gasteiger partial charge in [0, 0.05) is 32.9 Å². The minimum atomic E-state index is 0.0142. The fourth-order valence-electron chi connectivity index (χ4n) is 12.6. The lowest BCUT2D eigenvalue weighted by atomic mass is 9.79. The summed E-state index contributed by atoms with van der Waals surface area (Å²) in [6, 6.07) is 87.4. The van der Waals surface area contributed by atoms with Crippen molar-refractivity contribution in [1.82, 2.24) is 4.57 Å². The lowest BCUT2D eigenvalue weighted by Gasteiger charge is -2.29. The van der Waals surface area contributed by atoms with E-state index in [4.69, 9.17) is 0 Å². The van der Waals surface area contributed by atoms with Crippen molar-refractivity contribution >= 4 is 71.2 Å². The topological polar surface area (TPSA) is 8.17 Å². The fourth-order valence-corrected chi connectivity index (χ4v) is 12.6. The molecule has 13 aromatic rings. The molecule has 2 nitrogen and oxygen atoms in total. The molecule has 0 aliphatic heterocycles. The molecule has 0 saturated heterocycles. The van der Waals surface area contributed by atoms with Gasteiger partial charge in [-0.05, 0) is 171 Å². The summed E-state index contributed by atoms with van der Waals surface area (Å²) >= 11 is 0. The van der Waals surface area contributed by atoms with Crippen LogP contribution in [0.2, 0.25) is 0 Å². The molecule has 0 aliphatic carbocycles. The molecular weight excluding hydrogens is 989 g/mol. The minimum Gasteiger partial charge on any atom is -0.310 e. The van der Waals surface area contributed by atoms with Crippen LogP contribution >= 0.6 is 0 Å². The van der Waals surface area contributed by atoms with E-state index in [0.717, 1.165) is 28.2 Å². The third-order valence-corrected chi connectivity index (χ3v) is 17.3. The number of rotatable bonds is 8. The Kier molecular flexibility index (Phi) is 12.5. The summed E-state index contributed by atoms with van der Waals surface area (Å²) in [6.45, 7) is 27.8.